The van der Waals surface area contributed by atoms with Gasteiger partial charge >= 0.3 is 0 Å². The number of carbonyl (C=O) groups excluding carboxylic acids is 1. The number of nitrogens with one attached hydrogen (secondary N) is 1. The van der Waals surface area contributed by atoms with Crippen molar-refractivity contribution in [3.05, 3.63) is 69.8 Å². The second-order valence-corrected chi connectivity index (χ2v) is 7.38. The zero-order valence-electron chi connectivity index (χ0n) is 16.4. The highest BCUT2D eigenvalue weighted by Gasteiger charge is 2.31. The van der Waals surface area contributed by atoms with Crippen LogP contribution in [-0.4, -0.2) is 16.4 Å². The molecule has 6 nitrogen and oxygen atoms in total. The van der Waals surface area contributed by atoms with E-state index < -0.39 is 10.5 Å². The first-order valence-corrected chi connectivity index (χ1v) is 8.94. The summed E-state index contributed by atoms with van der Waals surface area (Å²) in [5.41, 5.74) is 1.11. The first kappa shape index (κ1) is 20.4. The minimum absolute atomic E-state index is 0.0249. The van der Waals surface area contributed by atoms with Crippen LogP contribution in [0.15, 0.2) is 48.5 Å². The molecule has 0 bridgehead atoms. The monoisotopic (exact) mass is 370 g/mol. The molecule has 1 amide bonds. The third-order valence-corrected chi connectivity index (χ3v) is 4.42. The number of hydrogen-bond donors (Lipinski definition) is 1. The lowest BCUT2D eigenvalue weighted by atomic mass is 9.99. The third kappa shape index (κ3) is 5.29. The van der Waals surface area contributed by atoms with Crippen LogP contribution in [0.1, 0.15) is 57.7 Å². The Morgan fingerprint density at radius 1 is 1.00 bits per heavy atom. The highest BCUT2D eigenvalue weighted by atomic mass is 16.6. The Labute approximate surface area is 159 Å². The van der Waals surface area contributed by atoms with E-state index in [1.165, 1.54) is 29.8 Å². The van der Waals surface area contributed by atoms with Crippen molar-refractivity contribution in [1.82, 2.24) is 5.32 Å². The highest BCUT2D eigenvalue weighted by Crippen LogP contribution is 2.23. The van der Waals surface area contributed by atoms with Crippen molar-refractivity contribution < 1.29 is 14.5 Å². The second kappa shape index (κ2) is 8.20. The molecule has 1 N–H and O–H groups in total. The number of nitro groups is 1. The molecule has 0 radical (unpaired) electrons. The molecule has 0 saturated heterocycles. The zero-order chi connectivity index (χ0) is 20.2. The molecule has 1 atom stereocenters. The normalized spacial score (nSPS) is 12.5. The van der Waals surface area contributed by atoms with Gasteiger partial charge in [-0.15, -0.1) is 0 Å². The first-order valence-electron chi connectivity index (χ1n) is 8.94. The van der Waals surface area contributed by atoms with Crippen molar-refractivity contribution in [2.24, 2.45) is 0 Å². The van der Waals surface area contributed by atoms with E-state index in [-0.39, 0.29) is 17.6 Å². The molecule has 0 heterocycles. The maximum Gasteiger partial charge on any atom is 0.269 e. The predicted octanol–water partition coefficient (Wildman–Crippen LogP) is 4.75. The first-order chi connectivity index (χ1) is 12.6. The minimum Gasteiger partial charge on any atom is -0.478 e. The number of ether oxygens (including phenoxy) is 1. The van der Waals surface area contributed by atoms with Crippen LogP contribution in [0.25, 0.3) is 0 Å². The Kier molecular flexibility index (Phi) is 6.20. The van der Waals surface area contributed by atoms with Gasteiger partial charge in [0.15, 0.2) is 5.60 Å². The summed E-state index contributed by atoms with van der Waals surface area (Å²) < 4.78 is 5.75. The molecule has 0 aliphatic rings. The molecule has 2 aromatic carbocycles. The number of benzene rings is 2. The summed E-state index contributed by atoms with van der Waals surface area (Å²) >= 11 is 0. The van der Waals surface area contributed by atoms with E-state index in [1.807, 2.05) is 19.1 Å². The maximum absolute atomic E-state index is 12.7. The maximum atomic E-state index is 12.7. The molecule has 0 aromatic heterocycles. The van der Waals surface area contributed by atoms with Gasteiger partial charge in [0.25, 0.3) is 11.6 Å². The zero-order valence-corrected chi connectivity index (χ0v) is 16.4. The van der Waals surface area contributed by atoms with E-state index in [1.54, 1.807) is 13.8 Å². The fourth-order valence-corrected chi connectivity index (χ4v) is 2.60. The van der Waals surface area contributed by atoms with E-state index in [2.05, 4.69) is 31.3 Å². The minimum atomic E-state index is -1.12. The Bertz CT molecular complexity index is 796. The summed E-state index contributed by atoms with van der Waals surface area (Å²) in [6.07, 6.45) is 0. The van der Waals surface area contributed by atoms with Gasteiger partial charge < -0.3 is 10.1 Å². The number of nitro benzene ring substituents is 1. The van der Waals surface area contributed by atoms with Crippen LogP contribution in [0, 0.1) is 10.1 Å². The molecule has 144 valence electrons. The molecular formula is C21H26N2O4. The Morgan fingerprint density at radius 2 is 1.52 bits per heavy atom. The summed E-state index contributed by atoms with van der Waals surface area (Å²) in [4.78, 5) is 22.9. The van der Waals surface area contributed by atoms with Crippen LogP contribution in [0.2, 0.25) is 0 Å². The molecule has 2 rings (SSSR count). The van der Waals surface area contributed by atoms with Gasteiger partial charge in [-0.2, -0.15) is 0 Å². The lowest BCUT2D eigenvalue weighted by molar-refractivity contribution is -0.384. The lowest BCUT2D eigenvalue weighted by Gasteiger charge is -2.27. The van der Waals surface area contributed by atoms with E-state index in [0.29, 0.717) is 11.7 Å². The molecule has 27 heavy (non-hydrogen) atoms. The van der Waals surface area contributed by atoms with Gasteiger partial charge in [0.05, 0.1) is 11.0 Å². The number of hydrogen-bond acceptors (Lipinski definition) is 4. The summed E-state index contributed by atoms with van der Waals surface area (Å²) in [6, 6.07) is 13.7. The van der Waals surface area contributed by atoms with Crippen LogP contribution < -0.4 is 10.1 Å². The summed E-state index contributed by atoms with van der Waals surface area (Å²) in [7, 11) is 0. The van der Waals surface area contributed by atoms with Gasteiger partial charge in [-0.25, -0.2) is 0 Å². The number of non-ortho nitro benzene ring substituents is 1. The molecule has 0 aliphatic carbocycles. The van der Waals surface area contributed by atoms with Crippen molar-refractivity contribution in [1.29, 1.82) is 0 Å². The molecule has 0 aliphatic heterocycles. The molecule has 0 fully saturated rings. The Morgan fingerprint density at radius 3 is 2.00 bits per heavy atom. The topological polar surface area (TPSA) is 81.5 Å². The summed E-state index contributed by atoms with van der Waals surface area (Å²) in [5.74, 6) is 0.592. The number of rotatable bonds is 7. The third-order valence-electron chi connectivity index (χ3n) is 4.42. The highest BCUT2D eigenvalue weighted by molar-refractivity contribution is 5.85. The molecule has 2 aromatic rings. The van der Waals surface area contributed by atoms with Gasteiger partial charge in [0, 0.05) is 12.1 Å². The Hall–Kier alpha value is -2.89. The van der Waals surface area contributed by atoms with Crippen molar-refractivity contribution in [2.75, 3.05) is 0 Å². The second-order valence-electron chi connectivity index (χ2n) is 7.38. The lowest BCUT2D eigenvalue weighted by Crippen LogP contribution is -2.47. The van der Waals surface area contributed by atoms with Crippen molar-refractivity contribution in [2.45, 2.75) is 52.2 Å². The van der Waals surface area contributed by atoms with Gasteiger partial charge in [-0.3, -0.25) is 14.9 Å². The van der Waals surface area contributed by atoms with E-state index >= 15 is 0 Å². The van der Waals surface area contributed by atoms with Gasteiger partial charge in [-0.1, -0.05) is 38.1 Å². The van der Waals surface area contributed by atoms with E-state index in [4.69, 9.17) is 4.74 Å². The largest absolute Gasteiger partial charge is 0.478 e. The van der Waals surface area contributed by atoms with E-state index in [9.17, 15) is 14.9 Å². The number of carbonyl (C=O) groups is 1. The van der Waals surface area contributed by atoms with Gasteiger partial charge in [0.1, 0.15) is 5.75 Å². The predicted molar refractivity (Wildman–Crippen MR) is 105 cm³/mol. The van der Waals surface area contributed by atoms with Crippen molar-refractivity contribution >= 4 is 11.6 Å². The van der Waals surface area contributed by atoms with E-state index in [0.717, 1.165) is 5.56 Å². The fraction of sp³-hybridized carbons (Fsp3) is 0.381. The summed E-state index contributed by atoms with van der Waals surface area (Å²) in [6.45, 7) is 9.53. The molecule has 1 unspecified atom stereocenters. The van der Waals surface area contributed by atoms with Crippen LogP contribution in [0.3, 0.4) is 0 Å². The van der Waals surface area contributed by atoms with Crippen LogP contribution in [0.4, 0.5) is 5.69 Å². The SMILES string of the molecule is CC(C)c1ccc(C(C)NC(=O)C(C)(C)Oc2ccc([N+](=O)[O-])cc2)cc1. The average Bonchev–Trinajstić information content (AvgIpc) is 2.61. The van der Waals surface area contributed by atoms with Crippen LogP contribution >= 0.6 is 0 Å². The molecule has 6 heteroatoms. The van der Waals surface area contributed by atoms with Gasteiger partial charge in [0.2, 0.25) is 0 Å². The fourth-order valence-electron chi connectivity index (χ4n) is 2.60. The van der Waals surface area contributed by atoms with Crippen LogP contribution in [0.5, 0.6) is 5.75 Å². The Balaban J connectivity index is 2.02. The van der Waals surface area contributed by atoms with Crippen molar-refractivity contribution in [3.63, 3.8) is 0 Å². The molecular weight excluding hydrogens is 344 g/mol. The van der Waals surface area contributed by atoms with Crippen molar-refractivity contribution in [3.8, 4) is 5.75 Å². The molecule has 0 spiro atoms. The smallest absolute Gasteiger partial charge is 0.269 e. The van der Waals surface area contributed by atoms with Gasteiger partial charge in [-0.05, 0) is 49.9 Å². The standard InChI is InChI=1S/C21H26N2O4/c1-14(2)16-6-8-17(9-7-16)15(3)22-20(24)21(4,5)27-19-12-10-18(11-13-19)23(25)26/h6-15H,1-5H3,(H,22,24). The number of nitrogens with zero attached hydrogens (tertiary/aromatic N) is 1. The molecule has 0 saturated carbocycles. The average molecular weight is 370 g/mol. The summed E-state index contributed by atoms with van der Waals surface area (Å²) in [5, 5.41) is 13.7. The quantitative estimate of drug-likeness (QED) is 0.563. The number of amides is 1. The van der Waals surface area contributed by atoms with Crippen LogP contribution in [-0.2, 0) is 4.79 Å².